The Morgan fingerprint density at radius 3 is 2.88 bits per heavy atom. The van der Waals surface area contributed by atoms with Crippen LogP contribution in [0.3, 0.4) is 0 Å². The first-order valence-corrected chi connectivity index (χ1v) is 6.58. The van der Waals surface area contributed by atoms with Crippen LogP contribution in [0.5, 0.6) is 0 Å². The minimum absolute atomic E-state index is 0.238. The highest BCUT2D eigenvalue weighted by molar-refractivity contribution is 7.09. The summed E-state index contributed by atoms with van der Waals surface area (Å²) >= 11 is 1.53. The number of ether oxygens (including phenoxy) is 1. The Balaban J connectivity index is 1.78. The van der Waals surface area contributed by atoms with Crippen molar-refractivity contribution in [2.45, 2.75) is 37.6 Å². The van der Waals surface area contributed by atoms with Crippen LogP contribution in [0.2, 0.25) is 0 Å². The molecule has 1 aromatic heterocycles. The van der Waals surface area contributed by atoms with E-state index in [1.807, 2.05) is 5.38 Å². The van der Waals surface area contributed by atoms with E-state index in [4.69, 9.17) is 10.5 Å². The highest BCUT2D eigenvalue weighted by Crippen LogP contribution is 2.38. The van der Waals surface area contributed by atoms with Gasteiger partial charge in [0.15, 0.2) is 0 Å². The van der Waals surface area contributed by atoms with Crippen LogP contribution in [0.4, 0.5) is 8.78 Å². The summed E-state index contributed by atoms with van der Waals surface area (Å²) in [4.78, 5) is 4.45. The van der Waals surface area contributed by atoms with E-state index in [0.29, 0.717) is 6.42 Å². The Bertz CT molecular complexity index is 366. The van der Waals surface area contributed by atoms with Crippen molar-refractivity contribution in [3.05, 3.63) is 16.1 Å². The normalized spacial score (nSPS) is 18.4. The second kappa shape index (κ2) is 5.37. The van der Waals surface area contributed by atoms with Gasteiger partial charge in [-0.25, -0.2) is 13.8 Å². The molecule has 3 nitrogen and oxygen atoms in total. The summed E-state index contributed by atoms with van der Waals surface area (Å²) in [5, 5.41) is 2.88. The number of alkyl halides is 2. The third-order valence-corrected chi connectivity index (χ3v) is 3.92. The zero-order valence-electron chi connectivity index (χ0n) is 9.49. The maximum atomic E-state index is 11.8. The monoisotopic (exact) mass is 262 g/mol. The van der Waals surface area contributed by atoms with Gasteiger partial charge in [-0.3, -0.25) is 0 Å². The predicted molar refractivity (Wildman–Crippen MR) is 62.4 cm³/mol. The van der Waals surface area contributed by atoms with Gasteiger partial charge >= 0.3 is 0 Å². The molecule has 1 aliphatic carbocycles. The molecule has 96 valence electrons. The Morgan fingerprint density at radius 2 is 2.29 bits per heavy atom. The van der Waals surface area contributed by atoms with E-state index in [0.717, 1.165) is 30.0 Å². The van der Waals surface area contributed by atoms with Gasteiger partial charge in [0, 0.05) is 11.8 Å². The van der Waals surface area contributed by atoms with Crippen LogP contribution in [0.25, 0.3) is 0 Å². The van der Waals surface area contributed by atoms with E-state index >= 15 is 0 Å². The lowest BCUT2D eigenvalue weighted by Gasteiger charge is -2.36. The summed E-state index contributed by atoms with van der Waals surface area (Å²) in [5.74, 6) is 0. The van der Waals surface area contributed by atoms with Crippen molar-refractivity contribution in [1.29, 1.82) is 0 Å². The molecule has 1 aliphatic rings. The number of nitrogens with two attached hydrogens (primary N) is 1. The molecule has 0 aromatic carbocycles. The first kappa shape index (κ1) is 12.9. The fourth-order valence-electron chi connectivity index (χ4n) is 1.80. The fraction of sp³-hybridized carbons (Fsp3) is 0.727. The van der Waals surface area contributed by atoms with Gasteiger partial charge in [0.2, 0.25) is 0 Å². The van der Waals surface area contributed by atoms with E-state index in [1.165, 1.54) is 11.3 Å². The Morgan fingerprint density at radius 1 is 1.53 bits per heavy atom. The first-order valence-electron chi connectivity index (χ1n) is 5.70. The van der Waals surface area contributed by atoms with Gasteiger partial charge in [-0.2, -0.15) is 0 Å². The number of hydrogen-bond acceptors (Lipinski definition) is 4. The zero-order valence-corrected chi connectivity index (χ0v) is 10.3. The molecule has 0 saturated heterocycles. The van der Waals surface area contributed by atoms with Gasteiger partial charge in [0.05, 0.1) is 22.8 Å². The lowest BCUT2D eigenvalue weighted by Crippen LogP contribution is -2.43. The van der Waals surface area contributed by atoms with E-state index in [2.05, 4.69) is 4.98 Å². The summed E-state index contributed by atoms with van der Waals surface area (Å²) in [7, 11) is 0. The minimum Gasteiger partial charge on any atom is -0.375 e. The molecule has 0 spiro atoms. The quantitative estimate of drug-likeness (QED) is 0.800. The van der Waals surface area contributed by atoms with Crippen molar-refractivity contribution in [3.8, 4) is 0 Å². The summed E-state index contributed by atoms with van der Waals surface area (Å²) in [6, 6.07) is 0. The van der Waals surface area contributed by atoms with Crippen molar-refractivity contribution in [3.63, 3.8) is 0 Å². The molecule has 1 heterocycles. The summed E-state index contributed by atoms with van der Waals surface area (Å²) in [5.41, 5.74) is 6.85. The molecule has 0 bridgehead atoms. The molecule has 0 aliphatic heterocycles. The molecule has 0 atom stereocenters. The lowest BCUT2D eigenvalue weighted by molar-refractivity contribution is 0.0187. The summed E-state index contributed by atoms with van der Waals surface area (Å²) in [6.07, 6.45) is 1.30. The highest BCUT2D eigenvalue weighted by atomic mass is 32.1. The zero-order chi connectivity index (χ0) is 12.3. The molecule has 0 amide bonds. The molecule has 1 saturated carbocycles. The van der Waals surface area contributed by atoms with Gasteiger partial charge in [0.25, 0.3) is 6.43 Å². The van der Waals surface area contributed by atoms with Crippen LogP contribution in [-0.4, -0.2) is 24.6 Å². The molecular formula is C11H16F2N2OS. The van der Waals surface area contributed by atoms with E-state index in [9.17, 15) is 8.78 Å². The fourth-order valence-corrected chi connectivity index (χ4v) is 2.69. The Kier molecular flexibility index (Phi) is 4.06. The summed E-state index contributed by atoms with van der Waals surface area (Å²) < 4.78 is 28.5. The average Bonchev–Trinajstić information content (AvgIpc) is 2.70. The molecule has 0 unspecified atom stereocenters. The number of hydrogen-bond donors (Lipinski definition) is 1. The average molecular weight is 262 g/mol. The van der Waals surface area contributed by atoms with Crippen molar-refractivity contribution in [1.82, 2.24) is 4.98 Å². The predicted octanol–water partition coefficient (Wildman–Crippen LogP) is 2.31. The van der Waals surface area contributed by atoms with Gasteiger partial charge in [-0.1, -0.05) is 0 Å². The van der Waals surface area contributed by atoms with Crippen molar-refractivity contribution >= 4 is 11.3 Å². The van der Waals surface area contributed by atoms with E-state index in [-0.39, 0.29) is 12.1 Å². The van der Waals surface area contributed by atoms with Crippen LogP contribution in [0.1, 0.15) is 30.0 Å². The molecule has 6 heteroatoms. The number of nitrogens with zero attached hydrogens (tertiary/aromatic N) is 1. The van der Waals surface area contributed by atoms with Gasteiger partial charge in [-0.05, 0) is 19.3 Å². The minimum atomic E-state index is -2.40. The van der Waals surface area contributed by atoms with Gasteiger partial charge in [0.1, 0.15) is 6.61 Å². The molecule has 1 fully saturated rings. The smallest absolute Gasteiger partial charge is 0.261 e. The van der Waals surface area contributed by atoms with Crippen LogP contribution < -0.4 is 5.73 Å². The molecule has 1 aromatic rings. The standard InChI is InChI=1S/C11H16F2N2OS/c12-9(13)6-16-5-2-10-15-8(7-17-10)11(14)3-1-4-11/h7,9H,1-6,14H2. The highest BCUT2D eigenvalue weighted by Gasteiger charge is 2.36. The van der Waals surface area contributed by atoms with Crippen LogP contribution in [-0.2, 0) is 16.7 Å². The molecule has 0 radical (unpaired) electrons. The molecule has 17 heavy (non-hydrogen) atoms. The van der Waals surface area contributed by atoms with Crippen molar-refractivity contribution < 1.29 is 13.5 Å². The third-order valence-electron chi connectivity index (χ3n) is 3.01. The number of thiazole rings is 1. The van der Waals surface area contributed by atoms with Crippen molar-refractivity contribution in [2.75, 3.05) is 13.2 Å². The number of halogens is 2. The Labute approximate surface area is 103 Å². The topological polar surface area (TPSA) is 48.1 Å². The largest absolute Gasteiger partial charge is 0.375 e. The van der Waals surface area contributed by atoms with Gasteiger partial charge in [-0.15, -0.1) is 11.3 Å². The SMILES string of the molecule is NC1(c2csc(CCOCC(F)F)n2)CCC1. The molecular weight excluding hydrogens is 246 g/mol. The van der Waals surface area contributed by atoms with Crippen LogP contribution >= 0.6 is 11.3 Å². The van der Waals surface area contributed by atoms with E-state index < -0.39 is 13.0 Å². The molecule has 2 rings (SSSR count). The van der Waals surface area contributed by atoms with Crippen LogP contribution in [0, 0.1) is 0 Å². The Hall–Kier alpha value is -0.590. The van der Waals surface area contributed by atoms with Gasteiger partial charge < -0.3 is 10.5 Å². The van der Waals surface area contributed by atoms with E-state index in [1.54, 1.807) is 0 Å². The second-order valence-corrected chi connectivity index (χ2v) is 5.29. The van der Waals surface area contributed by atoms with Crippen molar-refractivity contribution in [2.24, 2.45) is 5.73 Å². The number of rotatable bonds is 6. The molecule has 2 N–H and O–H groups in total. The lowest BCUT2D eigenvalue weighted by atomic mass is 9.76. The maximum absolute atomic E-state index is 11.8. The maximum Gasteiger partial charge on any atom is 0.261 e. The third kappa shape index (κ3) is 3.20. The van der Waals surface area contributed by atoms with Crippen LogP contribution in [0.15, 0.2) is 5.38 Å². The first-order chi connectivity index (χ1) is 8.10. The number of aromatic nitrogens is 1. The summed E-state index contributed by atoms with van der Waals surface area (Å²) in [6.45, 7) is -0.214. The second-order valence-electron chi connectivity index (χ2n) is 4.35.